The molecule has 6 nitrogen and oxygen atoms in total. The third-order valence-corrected chi connectivity index (χ3v) is 3.57. The molecule has 1 aliphatic rings. The van der Waals surface area contributed by atoms with E-state index in [4.69, 9.17) is 9.47 Å². The molecule has 2 N–H and O–H groups in total. The van der Waals surface area contributed by atoms with Crippen LogP contribution in [0.5, 0.6) is 11.5 Å². The Labute approximate surface area is 139 Å². The lowest BCUT2D eigenvalue weighted by atomic mass is 10.1. The Kier molecular flexibility index (Phi) is 4.37. The van der Waals surface area contributed by atoms with Crippen LogP contribution in [0.3, 0.4) is 0 Å². The van der Waals surface area contributed by atoms with E-state index in [0.29, 0.717) is 28.4 Å². The van der Waals surface area contributed by atoms with Crippen LogP contribution in [-0.2, 0) is 4.79 Å². The highest BCUT2D eigenvalue weighted by atomic mass is 16.7. The first kappa shape index (κ1) is 15.9. The van der Waals surface area contributed by atoms with Crippen LogP contribution < -0.4 is 20.1 Å². The second-order valence-electron chi connectivity index (χ2n) is 5.74. The number of carbonyl (C=O) groups excluding carboxylic acids is 2. The van der Waals surface area contributed by atoms with Crippen LogP contribution >= 0.6 is 0 Å². The molecule has 0 bridgehead atoms. The number of rotatable bonds is 4. The van der Waals surface area contributed by atoms with E-state index < -0.39 is 0 Å². The summed E-state index contributed by atoms with van der Waals surface area (Å²) in [6.07, 6.45) is 0. The Balaban J connectivity index is 1.66. The predicted molar refractivity (Wildman–Crippen MR) is 90.4 cm³/mol. The van der Waals surface area contributed by atoms with Crippen LogP contribution in [0.4, 0.5) is 11.4 Å². The van der Waals surface area contributed by atoms with Gasteiger partial charge in [-0.15, -0.1) is 0 Å². The maximum absolute atomic E-state index is 12.3. The molecule has 0 atom stereocenters. The average molecular weight is 326 g/mol. The lowest BCUT2D eigenvalue weighted by molar-refractivity contribution is -0.118. The Bertz CT molecular complexity index is 769. The van der Waals surface area contributed by atoms with E-state index in [1.54, 1.807) is 42.5 Å². The highest BCUT2D eigenvalue weighted by molar-refractivity contribution is 6.04. The molecule has 0 aromatic heterocycles. The van der Waals surface area contributed by atoms with Gasteiger partial charge in [0, 0.05) is 28.9 Å². The average Bonchev–Trinajstić information content (AvgIpc) is 3.03. The van der Waals surface area contributed by atoms with Crippen LogP contribution in [0.2, 0.25) is 0 Å². The highest BCUT2D eigenvalue weighted by Crippen LogP contribution is 2.34. The molecule has 2 aromatic carbocycles. The summed E-state index contributed by atoms with van der Waals surface area (Å²) in [5.41, 5.74) is 1.78. The van der Waals surface area contributed by atoms with Crippen molar-refractivity contribution in [3.63, 3.8) is 0 Å². The van der Waals surface area contributed by atoms with Crippen molar-refractivity contribution in [2.24, 2.45) is 5.92 Å². The molecule has 0 unspecified atom stereocenters. The van der Waals surface area contributed by atoms with Gasteiger partial charge in [-0.25, -0.2) is 0 Å². The lowest BCUT2D eigenvalue weighted by Crippen LogP contribution is -2.18. The van der Waals surface area contributed by atoms with Gasteiger partial charge in [0.15, 0.2) is 11.5 Å². The molecule has 1 aliphatic heterocycles. The van der Waals surface area contributed by atoms with Crippen molar-refractivity contribution in [1.82, 2.24) is 0 Å². The van der Waals surface area contributed by atoms with E-state index in [-0.39, 0.29) is 24.5 Å². The first-order valence-electron chi connectivity index (χ1n) is 7.65. The Morgan fingerprint density at radius 3 is 2.29 bits per heavy atom. The zero-order valence-corrected chi connectivity index (χ0v) is 13.5. The Hall–Kier alpha value is -3.02. The van der Waals surface area contributed by atoms with Gasteiger partial charge < -0.3 is 20.1 Å². The van der Waals surface area contributed by atoms with Gasteiger partial charge in [0.1, 0.15) is 0 Å². The maximum atomic E-state index is 12.3. The van der Waals surface area contributed by atoms with Gasteiger partial charge >= 0.3 is 0 Å². The minimum atomic E-state index is -0.240. The minimum Gasteiger partial charge on any atom is -0.454 e. The molecule has 0 aliphatic carbocycles. The SMILES string of the molecule is CC(C)C(=O)Nc1ccc(C(=O)Nc2ccc3c(c2)OCO3)cc1. The van der Waals surface area contributed by atoms with E-state index in [1.165, 1.54) is 0 Å². The fraction of sp³-hybridized carbons (Fsp3) is 0.222. The number of anilines is 2. The fourth-order valence-electron chi connectivity index (χ4n) is 2.17. The Morgan fingerprint density at radius 2 is 1.58 bits per heavy atom. The number of hydrogen-bond acceptors (Lipinski definition) is 4. The van der Waals surface area contributed by atoms with Gasteiger partial charge in [0.2, 0.25) is 12.7 Å². The topological polar surface area (TPSA) is 76.7 Å². The molecule has 2 aromatic rings. The number of fused-ring (bicyclic) bond motifs is 1. The number of carbonyl (C=O) groups is 2. The number of nitrogens with one attached hydrogen (secondary N) is 2. The van der Waals surface area contributed by atoms with Crippen LogP contribution in [0.1, 0.15) is 24.2 Å². The number of benzene rings is 2. The van der Waals surface area contributed by atoms with Gasteiger partial charge in [0.25, 0.3) is 5.91 Å². The maximum Gasteiger partial charge on any atom is 0.255 e. The molecule has 3 rings (SSSR count). The smallest absolute Gasteiger partial charge is 0.255 e. The molecular weight excluding hydrogens is 308 g/mol. The van der Waals surface area contributed by atoms with Crippen molar-refractivity contribution < 1.29 is 19.1 Å². The van der Waals surface area contributed by atoms with Crippen LogP contribution in [-0.4, -0.2) is 18.6 Å². The lowest BCUT2D eigenvalue weighted by Gasteiger charge is -2.09. The summed E-state index contributed by atoms with van der Waals surface area (Å²) in [6, 6.07) is 12.0. The van der Waals surface area contributed by atoms with Gasteiger partial charge in [-0.3, -0.25) is 9.59 Å². The molecule has 6 heteroatoms. The molecule has 0 saturated carbocycles. The molecule has 0 fully saturated rings. The zero-order chi connectivity index (χ0) is 17.1. The third kappa shape index (κ3) is 3.48. The van der Waals surface area contributed by atoms with Crippen molar-refractivity contribution in [3.8, 4) is 11.5 Å². The summed E-state index contributed by atoms with van der Waals surface area (Å²) in [6.45, 7) is 3.83. The summed E-state index contributed by atoms with van der Waals surface area (Å²) in [5.74, 6) is 0.875. The van der Waals surface area contributed by atoms with E-state index in [2.05, 4.69) is 10.6 Å². The normalized spacial score (nSPS) is 12.1. The third-order valence-electron chi connectivity index (χ3n) is 3.57. The summed E-state index contributed by atoms with van der Waals surface area (Å²) in [5, 5.41) is 5.59. The van der Waals surface area contributed by atoms with E-state index in [9.17, 15) is 9.59 Å². The van der Waals surface area contributed by atoms with Crippen LogP contribution in [0.15, 0.2) is 42.5 Å². The van der Waals surface area contributed by atoms with E-state index in [1.807, 2.05) is 13.8 Å². The molecule has 2 amide bonds. The van der Waals surface area contributed by atoms with E-state index >= 15 is 0 Å². The number of hydrogen-bond donors (Lipinski definition) is 2. The molecular formula is C18H18N2O4. The number of ether oxygens (including phenoxy) is 2. The van der Waals surface area contributed by atoms with Gasteiger partial charge in [-0.05, 0) is 36.4 Å². The van der Waals surface area contributed by atoms with Gasteiger partial charge in [0.05, 0.1) is 0 Å². The molecule has 124 valence electrons. The Morgan fingerprint density at radius 1 is 0.917 bits per heavy atom. The van der Waals surface area contributed by atoms with Crippen molar-refractivity contribution in [2.75, 3.05) is 17.4 Å². The monoisotopic (exact) mass is 326 g/mol. The molecule has 1 heterocycles. The first-order valence-corrected chi connectivity index (χ1v) is 7.65. The largest absolute Gasteiger partial charge is 0.454 e. The number of amides is 2. The predicted octanol–water partition coefficient (Wildman–Crippen LogP) is 3.26. The second kappa shape index (κ2) is 6.62. The van der Waals surface area contributed by atoms with Crippen molar-refractivity contribution in [2.45, 2.75) is 13.8 Å². The highest BCUT2D eigenvalue weighted by Gasteiger charge is 2.15. The molecule has 0 radical (unpaired) electrons. The first-order chi connectivity index (χ1) is 11.5. The second-order valence-corrected chi connectivity index (χ2v) is 5.74. The molecule has 0 saturated heterocycles. The van der Waals surface area contributed by atoms with Crippen LogP contribution in [0, 0.1) is 5.92 Å². The summed E-state index contributed by atoms with van der Waals surface area (Å²) < 4.78 is 10.5. The summed E-state index contributed by atoms with van der Waals surface area (Å²) in [4.78, 5) is 23.9. The molecule has 24 heavy (non-hydrogen) atoms. The minimum absolute atomic E-state index is 0.0624. The van der Waals surface area contributed by atoms with Gasteiger partial charge in [-0.2, -0.15) is 0 Å². The summed E-state index contributed by atoms with van der Waals surface area (Å²) >= 11 is 0. The van der Waals surface area contributed by atoms with Crippen LogP contribution in [0.25, 0.3) is 0 Å². The zero-order valence-electron chi connectivity index (χ0n) is 13.5. The van der Waals surface area contributed by atoms with Crippen molar-refractivity contribution >= 4 is 23.2 Å². The van der Waals surface area contributed by atoms with Gasteiger partial charge in [-0.1, -0.05) is 13.8 Å². The standard InChI is InChI=1S/C18H18N2O4/c1-11(2)17(21)19-13-5-3-12(4-6-13)18(22)20-14-7-8-15-16(9-14)24-10-23-15/h3-9,11H,10H2,1-2H3,(H,19,21)(H,20,22). The van der Waals surface area contributed by atoms with Crippen molar-refractivity contribution in [1.29, 1.82) is 0 Å². The molecule has 0 spiro atoms. The fourth-order valence-corrected chi connectivity index (χ4v) is 2.17. The quantitative estimate of drug-likeness (QED) is 0.904. The summed E-state index contributed by atoms with van der Waals surface area (Å²) in [7, 11) is 0. The van der Waals surface area contributed by atoms with Crippen molar-refractivity contribution in [3.05, 3.63) is 48.0 Å². The van der Waals surface area contributed by atoms with E-state index in [0.717, 1.165) is 0 Å².